The Bertz CT molecular complexity index is 281. The van der Waals surface area contributed by atoms with Crippen LogP contribution in [-0.2, 0) is 9.53 Å². The van der Waals surface area contributed by atoms with Crippen LogP contribution in [-0.4, -0.2) is 40.3 Å². The van der Waals surface area contributed by atoms with E-state index in [1.807, 2.05) is 11.8 Å². The van der Waals surface area contributed by atoms with Gasteiger partial charge in [0.1, 0.15) is 5.54 Å². The molecule has 0 aromatic carbocycles. The molecule has 1 saturated heterocycles. The van der Waals surface area contributed by atoms with Crippen molar-refractivity contribution in [1.29, 1.82) is 0 Å². The highest BCUT2D eigenvalue weighted by atomic mass is 32.2. The van der Waals surface area contributed by atoms with Gasteiger partial charge in [-0.05, 0) is 38.5 Å². The van der Waals surface area contributed by atoms with Crippen molar-refractivity contribution in [2.75, 3.05) is 12.4 Å². The number of rotatable bonds is 4. The molecule has 0 radical (unpaired) electrons. The molecule has 0 spiro atoms. The SMILES string of the molecule is NC1(C(=O)O)CCCC(SCC2CCCO2)C1. The van der Waals surface area contributed by atoms with E-state index in [2.05, 4.69) is 0 Å². The van der Waals surface area contributed by atoms with E-state index in [1.165, 1.54) is 0 Å². The van der Waals surface area contributed by atoms with E-state index < -0.39 is 11.5 Å². The van der Waals surface area contributed by atoms with Gasteiger partial charge in [-0.25, -0.2) is 0 Å². The Labute approximate surface area is 106 Å². The van der Waals surface area contributed by atoms with Gasteiger partial charge in [-0.2, -0.15) is 11.8 Å². The van der Waals surface area contributed by atoms with Gasteiger partial charge in [-0.3, -0.25) is 4.79 Å². The van der Waals surface area contributed by atoms with Crippen LogP contribution >= 0.6 is 11.8 Å². The summed E-state index contributed by atoms with van der Waals surface area (Å²) in [7, 11) is 0. The van der Waals surface area contributed by atoms with Crippen molar-refractivity contribution in [2.45, 2.75) is 55.4 Å². The fraction of sp³-hybridized carbons (Fsp3) is 0.917. The smallest absolute Gasteiger partial charge is 0.323 e. The molecule has 0 aromatic rings. The van der Waals surface area contributed by atoms with E-state index >= 15 is 0 Å². The molecule has 2 rings (SSSR count). The molecule has 5 heteroatoms. The van der Waals surface area contributed by atoms with Crippen LogP contribution in [0.2, 0.25) is 0 Å². The van der Waals surface area contributed by atoms with Crippen molar-refractivity contribution < 1.29 is 14.6 Å². The van der Waals surface area contributed by atoms with Crippen LogP contribution in [0.5, 0.6) is 0 Å². The molecule has 2 aliphatic rings. The zero-order valence-corrected chi connectivity index (χ0v) is 10.9. The number of thioether (sulfide) groups is 1. The van der Waals surface area contributed by atoms with Crippen molar-refractivity contribution in [3.63, 3.8) is 0 Å². The second kappa shape index (κ2) is 5.59. The van der Waals surface area contributed by atoms with Gasteiger partial charge in [-0.1, -0.05) is 0 Å². The first-order valence-electron chi connectivity index (χ1n) is 6.36. The monoisotopic (exact) mass is 259 g/mol. The third-order valence-corrected chi connectivity index (χ3v) is 5.15. The molecule has 3 N–H and O–H groups in total. The second-order valence-electron chi connectivity index (χ2n) is 5.15. The number of hydrogen-bond donors (Lipinski definition) is 2. The molecule has 1 heterocycles. The van der Waals surface area contributed by atoms with Gasteiger partial charge in [0.05, 0.1) is 6.10 Å². The number of hydrogen-bond acceptors (Lipinski definition) is 4. The Morgan fingerprint density at radius 3 is 2.94 bits per heavy atom. The van der Waals surface area contributed by atoms with Crippen LogP contribution in [0.4, 0.5) is 0 Å². The van der Waals surface area contributed by atoms with Gasteiger partial charge in [0, 0.05) is 17.6 Å². The maximum Gasteiger partial charge on any atom is 0.323 e. The Morgan fingerprint density at radius 2 is 2.29 bits per heavy atom. The summed E-state index contributed by atoms with van der Waals surface area (Å²) in [6.45, 7) is 0.881. The van der Waals surface area contributed by atoms with Crippen LogP contribution in [0.25, 0.3) is 0 Å². The fourth-order valence-corrected chi connectivity index (χ4v) is 4.11. The summed E-state index contributed by atoms with van der Waals surface area (Å²) in [6.07, 6.45) is 5.89. The van der Waals surface area contributed by atoms with E-state index in [-0.39, 0.29) is 0 Å². The van der Waals surface area contributed by atoms with E-state index in [0.29, 0.717) is 24.2 Å². The number of ether oxygens (including phenoxy) is 1. The molecule has 17 heavy (non-hydrogen) atoms. The predicted molar refractivity (Wildman–Crippen MR) is 68.2 cm³/mol. The molecule has 0 bridgehead atoms. The first kappa shape index (κ1) is 13.2. The van der Waals surface area contributed by atoms with Crippen LogP contribution in [0.3, 0.4) is 0 Å². The standard InChI is InChI=1S/C12H21NO3S/c13-12(11(14)15)5-1-4-10(7-12)17-8-9-3-2-6-16-9/h9-10H,1-8,13H2,(H,14,15). The lowest BCUT2D eigenvalue weighted by Crippen LogP contribution is -2.52. The number of carboxylic acids is 1. The van der Waals surface area contributed by atoms with Crippen LogP contribution < -0.4 is 5.73 Å². The maximum absolute atomic E-state index is 11.1. The summed E-state index contributed by atoms with van der Waals surface area (Å²) < 4.78 is 5.58. The van der Waals surface area contributed by atoms with Gasteiger partial charge in [0.2, 0.25) is 0 Å². The van der Waals surface area contributed by atoms with Crippen molar-refractivity contribution in [2.24, 2.45) is 5.73 Å². The third kappa shape index (κ3) is 3.36. The number of aliphatic carboxylic acids is 1. The van der Waals surface area contributed by atoms with E-state index in [9.17, 15) is 4.79 Å². The largest absolute Gasteiger partial charge is 0.480 e. The molecule has 3 atom stereocenters. The second-order valence-corrected chi connectivity index (χ2v) is 6.48. The highest BCUT2D eigenvalue weighted by Gasteiger charge is 2.39. The molecule has 98 valence electrons. The average Bonchev–Trinajstić information content (AvgIpc) is 2.79. The lowest BCUT2D eigenvalue weighted by atomic mass is 9.82. The summed E-state index contributed by atoms with van der Waals surface area (Å²) in [5.41, 5.74) is 4.94. The first-order valence-corrected chi connectivity index (χ1v) is 7.40. The molecule has 1 aliphatic heterocycles. The van der Waals surface area contributed by atoms with Gasteiger partial charge in [0.25, 0.3) is 0 Å². The molecule has 3 unspecified atom stereocenters. The Balaban J connectivity index is 1.78. The van der Waals surface area contributed by atoms with E-state index in [0.717, 1.165) is 38.0 Å². The molecule has 4 nitrogen and oxygen atoms in total. The third-order valence-electron chi connectivity index (χ3n) is 3.71. The van der Waals surface area contributed by atoms with Gasteiger partial charge in [0.15, 0.2) is 0 Å². The van der Waals surface area contributed by atoms with Crippen LogP contribution in [0, 0.1) is 0 Å². The number of carboxylic acid groups (broad SMARTS) is 1. The van der Waals surface area contributed by atoms with Crippen molar-refractivity contribution >= 4 is 17.7 Å². The molecule has 2 fully saturated rings. The first-order chi connectivity index (χ1) is 8.10. The minimum absolute atomic E-state index is 0.374. The minimum Gasteiger partial charge on any atom is -0.480 e. The quantitative estimate of drug-likeness (QED) is 0.802. The van der Waals surface area contributed by atoms with Gasteiger partial charge in [-0.15, -0.1) is 0 Å². The summed E-state index contributed by atoms with van der Waals surface area (Å²) in [4.78, 5) is 11.1. The van der Waals surface area contributed by atoms with E-state index in [4.69, 9.17) is 15.6 Å². The molecular weight excluding hydrogens is 238 g/mol. The Hall–Kier alpha value is -0.260. The van der Waals surface area contributed by atoms with Crippen molar-refractivity contribution in [3.05, 3.63) is 0 Å². The van der Waals surface area contributed by atoms with E-state index in [1.54, 1.807) is 0 Å². The molecule has 0 amide bonds. The lowest BCUT2D eigenvalue weighted by molar-refractivity contribution is -0.144. The molecular formula is C12H21NO3S. The van der Waals surface area contributed by atoms with Gasteiger partial charge < -0.3 is 15.6 Å². The molecule has 1 saturated carbocycles. The zero-order chi connectivity index (χ0) is 12.3. The summed E-state index contributed by atoms with van der Waals surface area (Å²) in [6, 6.07) is 0. The maximum atomic E-state index is 11.1. The fourth-order valence-electron chi connectivity index (χ4n) is 2.61. The lowest BCUT2D eigenvalue weighted by Gasteiger charge is -2.34. The summed E-state index contributed by atoms with van der Waals surface area (Å²) in [5.74, 6) is 0.139. The molecule has 1 aliphatic carbocycles. The number of carbonyl (C=O) groups is 1. The minimum atomic E-state index is -0.994. The van der Waals surface area contributed by atoms with Crippen LogP contribution in [0.1, 0.15) is 38.5 Å². The molecule has 0 aromatic heterocycles. The van der Waals surface area contributed by atoms with Gasteiger partial charge >= 0.3 is 5.97 Å². The highest BCUT2D eigenvalue weighted by Crippen LogP contribution is 2.35. The highest BCUT2D eigenvalue weighted by molar-refractivity contribution is 7.99. The van der Waals surface area contributed by atoms with Crippen molar-refractivity contribution in [3.8, 4) is 0 Å². The van der Waals surface area contributed by atoms with Crippen molar-refractivity contribution in [1.82, 2.24) is 0 Å². The zero-order valence-electron chi connectivity index (χ0n) is 10.1. The normalized spacial score (nSPS) is 38.2. The number of nitrogens with two attached hydrogens (primary N) is 1. The Kier molecular flexibility index (Phi) is 4.33. The summed E-state index contributed by atoms with van der Waals surface area (Å²) >= 11 is 1.85. The average molecular weight is 259 g/mol. The Morgan fingerprint density at radius 1 is 1.47 bits per heavy atom. The summed E-state index contributed by atoms with van der Waals surface area (Å²) in [5, 5.41) is 9.52. The van der Waals surface area contributed by atoms with Crippen LogP contribution in [0.15, 0.2) is 0 Å². The topological polar surface area (TPSA) is 72.6 Å². The predicted octanol–water partition coefficient (Wildman–Crippen LogP) is 1.62.